The summed E-state index contributed by atoms with van der Waals surface area (Å²) in [7, 11) is 2.04. The lowest BCUT2D eigenvalue weighted by molar-refractivity contribution is -0.0643. The lowest BCUT2D eigenvalue weighted by Gasteiger charge is -2.39. The number of benzene rings is 1. The van der Waals surface area contributed by atoms with Gasteiger partial charge < -0.3 is 10.1 Å². The molecule has 1 N–H and O–H groups in total. The van der Waals surface area contributed by atoms with Crippen molar-refractivity contribution in [2.24, 2.45) is 0 Å². The highest BCUT2D eigenvalue weighted by molar-refractivity contribution is 5.29. The summed E-state index contributed by atoms with van der Waals surface area (Å²) in [5.74, 6) is 0. The lowest BCUT2D eigenvalue weighted by atomic mass is 9.95. The van der Waals surface area contributed by atoms with E-state index >= 15 is 0 Å². The molecule has 2 fully saturated rings. The van der Waals surface area contributed by atoms with Crippen molar-refractivity contribution in [3.63, 3.8) is 0 Å². The highest BCUT2D eigenvalue weighted by Crippen LogP contribution is 2.29. The summed E-state index contributed by atoms with van der Waals surface area (Å²) in [6.45, 7) is 5.38. The highest BCUT2D eigenvalue weighted by atomic mass is 16.5. The Morgan fingerprint density at radius 3 is 3.00 bits per heavy atom. The number of nitrogens with one attached hydrogen (secondary N) is 1. The summed E-state index contributed by atoms with van der Waals surface area (Å²) in [4.78, 5) is 2.61. The van der Waals surface area contributed by atoms with Crippen LogP contribution in [0.15, 0.2) is 24.3 Å². The number of fused-ring (bicyclic) bond motifs is 1. The fourth-order valence-electron chi connectivity index (χ4n) is 3.52. The van der Waals surface area contributed by atoms with Gasteiger partial charge in [0, 0.05) is 12.6 Å². The Morgan fingerprint density at radius 2 is 2.21 bits per heavy atom. The number of nitrogens with zero attached hydrogens (tertiary/aromatic N) is 1. The molecule has 0 saturated carbocycles. The average Bonchev–Trinajstić information content (AvgIpc) is 2.89. The van der Waals surface area contributed by atoms with Gasteiger partial charge in [0.2, 0.25) is 0 Å². The number of morpholine rings is 1. The van der Waals surface area contributed by atoms with Gasteiger partial charge in [-0.3, -0.25) is 4.90 Å². The monoisotopic (exact) mass is 260 g/mol. The van der Waals surface area contributed by atoms with Crippen LogP contribution >= 0.6 is 0 Å². The second-order valence-electron chi connectivity index (χ2n) is 5.79. The molecule has 104 valence electrons. The van der Waals surface area contributed by atoms with E-state index in [4.69, 9.17) is 4.74 Å². The summed E-state index contributed by atoms with van der Waals surface area (Å²) in [6.07, 6.45) is 2.90. The first-order valence-corrected chi connectivity index (χ1v) is 7.38. The molecule has 1 aromatic rings. The molecule has 2 aliphatic rings. The van der Waals surface area contributed by atoms with Crippen molar-refractivity contribution in [1.29, 1.82) is 0 Å². The number of likely N-dealkylation sites (N-methyl/N-ethyl adjacent to an activating group) is 1. The second kappa shape index (κ2) is 5.61. The molecule has 0 amide bonds. The van der Waals surface area contributed by atoms with Crippen LogP contribution in [-0.2, 0) is 4.74 Å². The molecule has 0 spiro atoms. The van der Waals surface area contributed by atoms with Crippen molar-refractivity contribution in [2.45, 2.75) is 38.0 Å². The van der Waals surface area contributed by atoms with Gasteiger partial charge >= 0.3 is 0 Å². The van der Waals surface area contributed by atoms with E-state index in [-0.39, 0.29) is 6.10 Å². The van der Waals surface area contributed by atoms with Crippen LogP contribution in [0.25, 0.3) is 0 Å². The van der Waals surface area contributed by atoms with Gasteiger partial charge in [-0.25, -0.2) is 0 Å². The molecule has 0 bridgehead atoms. The van der Waals surface area contributed by atoms with Crippen molar-refractivity contribution in [2.75, 3.05) is 26.7 Å². The lowest BCUT2D eigenvalue weighted by Crippen LogP contribution is -2.50. The molecule has 3 rings (SSSR count). The fraction of sp³-hybridized carbons (Fsp3) is 0.625. The summed E-state index contributed by atoms with van der Waals surface area (Å²) < 4.78 is 6.15. The molecule has 2 aliphatic heterocycles. The minimum absolute atomic E-state index is 0.264. The zero-order chi connectivity index (χ0) is 13.2. The van der Waals surface area contributed by atoms with E-state index in [9.17, 15) is 0 Å². The van der Waals surface area contributed by atoms with E-state index in [0.29, 0.717) is 12.1 Å². The standard InChI is InChI=1S/C16H24N2O/c1-12-6-3-4-8-14(12)16(17-2)15-10-18-9-5-7-13(18)11-19-15/h3-4,6,8,13,15-17H,5,7,9-11H2,1-2H3. The van der Waals surface area contributed by atoms with Crippen LogP contribution in [0, 0.1) is 6.92 Å². The minimum Gasteiger partial charge on any atom is -0.373 e. The van der Waals surface area contributed by atoms with Crippen molar-refractivity contribution in [3.05, 3.63) is 35.4 Å². The van der Waals surface area contributed by atoms with Crippen LogP contribution in [-0.4, -0.2) is 43.8 Å². The van der Waals surface area contributed by atoms with Crippen molar-refractivity contribution in [1.82, 2.24) is 10.2 Å². The molecule has 3 nitrogen and oxygen atoms in total. The Morgan fingerprint density at radius 1 is 1.37 bits per heavy atom. The molecule has 2 saturated heterocycles. The number of rotatable bonds is 3. The van der Waals surface area contributed by atoms with Crippen molar-refractivity contribution in [3.8, 4) is 0 Å². The van der Waals surface area contributed by atoms with Crippen LogP contribution in [0.3, 0.4) is 0 Å². The first-order valence-electron chi connectivity index (χ1n) is 7.38. The van der Waals surface area contributed by atoms with Crippen LogP contribution in [0.2, 0.25) is 0 Å². The molecular formula is C16H24N2O. The largest absolute Gasteiger partial charge is 0.373 e. The third-order valence-electron chi connectivity index (χ3n) is 4.62. The van der Waals surface area contributed by atoms with E-state index < -0.39 is 0 Å². The minimum atomic E-state index is 0.264. The van der Waals surface area contributed by atoms with E-state index in [1.165, 1.54) is 30.5 Å². The van der Waals surface area contributed by atoms with Crippen LogP contribution in [0.1, 0.15) is 30.0 Å². The SMILES string of the molecule is CNC(c1ccccc1C)C1CN2CCCC2CO1. The molecule has 0 aliphatic carbocycles. The Balaban J connectivity index is 1.77. The predicted octanol–water partition coefficient (Wildman–Crippen LogP) is 2.12. The van der Waals surface area contributed by atoms with Gasteiger partial charge in [-0.2, -0.15) is 0 Å². The molecule has 0 aromatic heterocycles. The van der Waals surface area contributed by atoms with Gasteiger partial charge in [0.05, 0.1) is 18.8 Å². The summed E-state index contributed by atoms with van der Waals surface area (Å²) >= 11 is 0. The normalized spacial score (nSPS) is 29.2. The van der Waals surface area contributed by atoms with Gasteiger partial charge in [-0.05, 0) is 44.5 Å². The van der Waals surface area contributed by atoms with Crippen LogP contribution in [0.5, 0.6) is 0 Å². The quantitative estimate of drug-likeness (QED) is 0.901. The molecule has 3 heteroatoms. The maximum atomic E-state index is 6.15. The number of ether oxygens (including phenoxy) is 1. The van der Waals surface area contributed by atoms with Gasteiger partial charge in [-0.1, -0.05) is 24.3 Å². The second-order valence-corrected chi connectivity index (χ2v) is 5.79. The Hall–Kier alpha value is -0.900. The maximum absolute atomic E-state index is 6.15. The van der Waals surface area contributed by atoms with E-state index in [1.807, 2.05) is 7.05 Å². The smallest absolute Gasteiger partial charge is 0.0897 e. The summed E-state index contributed by atoms with van der Waals surface area (Å²) in [5, 5.41) is 3.46. The zero-order valence-electron chi connectivity index (χ0n) is 11.9. The topological polar surface area (TPSA) is 24.5 Å². The van der Waals surface area contributed by atoms with Crippen LogP contribution in [0.4, 0.5) is 0 Å². The third kappa shape index (κ3) is 2.55. The molecule has 19 heavy (non-hydrogen) atoms. The van der Waals surface area contributed by atoms with E-state index in [2.05, 4.69) is 41.4 Å². The fourth-order valence-corrected chi connectivity index (χ4v) is 3.52. The van der Waals surface area contributed by atoms with Crippen LogP contribution < -0.4 is 5.32 Å². The molecule has 2 heterocycles. The Bertz CT molecular complexity index is 435. The first-order chi connectivity index (χ1) is 9.29. The highest BCUT2D eigenvalue weighted by Gasteiger charge is 2.36. The molecule has 0 radical (unpaired) electrons. The molecular weight excluding hydrogens is 236 g/mol. The molecule has 3 atom stereocenters. The van der Waals surface area contributed by atoms with Crippen molar-refractivity contribution >= 4 is 0 Å². The summed E-state index contributed by atoms with van der Waals surface area (Å²) in [5.41, 5.74) is 2.71. The molecule has 3 unspecified atom stereocenters. The predicted molar refractivity (Wildman–Crippen MR) is 77.3 cm³/mol. The Labute approximate surface area is 115 Å². The van der Waals surface area contributed by atoms with Gasteiger partial charge in [0.15, 0.2) is 0 Å². The average molecular weight is 260 g/mol. The van der Waals surface area contributed by atoms with Crippen molar-refractivity contribution < 1.29 is 4.74 Å². The van der Waals surface area contributed by atoms with Gasteiger partial charge in [0.25, 0.3) is 0 Å². The summed E-state index contributed by atoms with van der Waals surface area (Å²) in [6, 6.07) is 9.59. The third-order valence-corrected chi connectivity index (χ3v) is 4.62. The van der Waals surface area contributed by atoms with E-state index in [0.717, 1.165) is 13.2 Å². The number of hydrogen-bond donors (Lipinski definition) is 1. The number of aryl methyl sites for hydroxylation is 1. The Kier molecular flexibility index (Phi) is 3.87. The maximum Gasteiger partial charge on any atom is 0.0897 e. The van der Waals surface area contributed by atoms with E-state index in [1.54, 1.807) is 0 Å². The van der Waals surface area contributed by atoms with Gasteiger partial charge in [-0.15, -0.1) is 0 Å². The molecule has 1 aromatic carbocycles. The van der Waals surface area contributed by atoms with Gasteiger partial charge in [0.1, 0.15) is 0 Å². The first kappa shape index (κ1) is 13.1. The number of hydrogen-bond acceptors (Lipinski definition) is 3. The zero-order valence-corrected chi connectivity index (χ0v) is 11.9.